The Kier molecular flexibility index (Phi) is 10.6. The molecule has 11 aromatic carbocycles. The van der Waals surface area contributed by atoms with E-state index in [1.165, 1.54) is 77.5 Å². The lowest BCUT2D eigenvalue weighted by Gasteiger charge is -2.27. The summed E-state index contributed by atoms with van der Waals surface area (Å²) in [6.45, 7) is 0. The zero-order valence-corrected chi connectivity index (χ0v) is 37.5. The van der Waals surface area contributed by atoms with Crippen molar-refractivity contribution in [1.29, 1.82) is 0 Å². The average molecular weight is 867 g/mol. The van der Waals surface area contributed by atoms with Crippen LogP contribution in [0.25, 0.3) is 94.3 Å². The second-order valence-corrected chi connectivity index (χ2v) is 17.3. The Morgan fingerprint density at radius 3 is 1.19 bits per heavy atom. The van der Waals surface area contributed by atoms with Crippen LogP contribution in [0.1, 0.15) is 0 Å². The Bertz CT molecular complexity index is 3670. The van der Waals surface area contributed by atoms with Gasteiger partial charge in [-0.25, -0.2) is 0 Å². The number of benzene rings is 11. The van der Waals surface area contributed by atoms with Crippen molar-refractivity contribution in [1.82, 2.24) is 4.57 Å². The molecule has 0 fully saturated rings. The van der Waals surface area contributed by atoms with Gasteiger partial charge >= 0.3 is 0 Å². The Hall–Kier alpha value is -8.98. The molecule has 12 rings (SSSR count). The zero-order chi connectivity index (χ0) is 45.2. The van der Waals surface area contributed by atoms with Crippen molar-refractivity contribution in [2.75, 3.05) is 4.90 Å². The molecule has 320 valence electrons. The number of aromatic nitrogens is 1. The summed E-state index contributed by atoms with van der Waals surface area (Å²) < 4.78 is 2.48. The van der Waals surface area contributed by atoms with Gasteiger partial charge in [-0.05, 0) is 110 Å². The minimum atomic E-state index is 1.06. The molecule has 0 N–H and O–H groups in total. The maximum Gasteiger partial charge on any atom is 0.0562 e. The third-order valence-electron chi connectivity index (χ3n) is 13.2. The fraction of sp³-hybridized carbons (Fsp3) is 0. The van der Waals surface area contributed by atoms with Crippen molar-refractivity contribution in [2.45, 2.75) is 0 Å². The summed E-state index contributed by atoms with van der Waals surface area (Å²) >= 11 is 0. The van der Waals surface area contributed by atoms with Gasteiger partial charge in [-0.2, -0.15) is 0 Å². The van der Waals surface area contributed by atoms with Gasteiger partial charge in [-0.1, -0.05) is 231 Å². The molecule has 2 heteroatoms. The van der Waals surface area contributed by atoms with Crippen molar-refractivity contribution in [3.8, 4) is 72.4 Å². The quantitative estimate of drug-likeness (QED) is 0.133. The maximum atomic E-state index is 2.48. The van der Waals surface area contributed by atoms with E-state index < -0.39 is 0 Å². The highest BCUT2D eigenvalue weighted by molar-refractivity contribution is 6.11. The Morgan fingerprint density at radius 1 is 0.221 bits per heavy atom. The van der Waals surface area contributed by atoms with E-state index in [2.05, 4.69) is 289 Å². The first-order chi connectivity index (χ1) is 33.7. The van der Waals surface area contributed by atoms with Crippen molar-refractivity contribution in [3.63, 3.8) is 0 Å². The molecule has 0 aliphatic carbocycles. The third-order valence-corrected chi connectivity index (χ3v) is 13.2. The third kappa shape index (κ3) is 7.64. The van der Waals surface area contributed by atoms with Gasteiger partial charge in [0.1, 0.15) is 0 Å². The van der Waals surface area contributed by atoms with E-state index in [1.807, 2.05) is 0 Å². The molecule has 0 saturated carbocycles. The molecule has 0 spiro atoms. The van der Waals surface area contributed by atoms with Gasteiger partial charge in [0.2, 0.25) is 0 Å². The summed E-state index contributed by atoms with van der Waals surface area (Å²) in [7, 11) is 0. The molecular formula is C66H46N2. The van der Waals surface area contributed by atoms with Crippen molar-refractivity contribution in [2.24, 2.45) is 0 Å². The van der Waals surface area contributed by atoms with Crippen molar-refractivity contribution >= 4 is 38.9 Å². The van der Waals surface area contributed by atoms with Gasteiger partial charge in [0, 0.05) is 33.4 Å². The minimum Gasteiger partial charge on any atom is -0.310 e. The van der Waals surface area contributed by atoms with E-state index >= 15 is 0 Å². The van der Waals surface area contributed by atoms with Crippen LogP contribution < -0.4 is 4.90 Å². The van der Waals surface area contributed by atoms with Gasteiger partial charge in [0.25, 0.3) is 0 Å². The first kappa shape index (κ1) is 40.5. The first-order valence-electron chi connectivity index (χ1n) is 23.3. The van der Waals surface area contributed by atoms with E-state index in [9.17, 15) is 0 Å². The fourth-order valence-corrected chi connectivity index (χ4v) is 9.88. The number of nitrogens with zero attached hydrogens (tertiary/aromatic N) is 2. The van der Waals surface area contributed by atoms with Gasteiger partial charge in [-0.3, -0.25) is 0 Å². The highest BCUT2D eigenvalue weighted by atomic mass is 15.1. The van der Waals surface area contributed by atoms with Gasteiger partial charge in [0.15, 0.2) is 0 Å². The largest absolute Gasteiger partial charge is 0.310 e. The molecule has 0 bridgehead atoms. The molecule has 0 unspecified atom stereocenters. The molecule has 0 aliphatic heterocycles. The van der Waals surface area contributed by atoms with Gasteiger partial charge < -0.3 is 9.47 Å². The van der Waals surface area contributed by atoms with Crippen LogP contribution in [-0.2, 0) is 0 Å². The van der Waals surface area contributed by atoms with E-state index in [0.717, 1.165) is 33.8 Å². The molecule has 0 aliphatic rings. The average Bonchev–Trinajstić information content (AvgIpc) is 3.76. The van der Waals surface area contributed by atoms with E-state index in [-0.39, 0.29) is 0 Å². The summed E-state index contributed by atoms with van der Waals surface area (Å²) in [6.07, 6.45) is 0. The van der Waals surface area contributed by atoms with E-state index in [0.29, 0.717) is 0 Å². The summed E-state index contributed by atoms with van der Waals surface area (Å²) in [6, 6.07) is 101. The maximum absolute atomic E-state index is 2.48. The molecule has 1 heterocycles. The topological polar surface area (TPSA) is 8.17 Å². The minimum absolute atomic E-state index is 1.06. The van der Waals surface area contributed by atoms with Crippen molar-refractivity contribution in [3.05, 3.63) is 279 Å². The Labute approximate surface area is 397 Å². The SMILES string of the molecule is c1ccc(-c2ccc(-c3ccc(N(c4ccc(-c5ccccc5)c(-c5ccccc5)c4)c4ccc5c6ccccc6n(-c6cc(-c7ccccc7)ccc6-c6ccccc6)c5c4)cc3)cc2)cc1. The molecule has 0 radical (unpaired) electrons. The summed E-state index contributed by atoms with van der Waals surface area (Å²) in [5, 5.41) is 2.41. The number of anilines is 3. The lowest BCUT2D eigenvalue weighted by Crippen LogP contribution is -2.10. The molecule has 2 nitrogen and oxygen atoms in total. The van der Waals surface area contributed by atoms with Gasteiger partial charge in [-0.15, -0.1) is 0 Å². The fourth-order valence-electron chi connectivity index (χ4n) is 9.88. The number of rotatable bonds is 10. The smallest absolute Gasteiger partial charge is 0.0562 e. The van der Waals surface area contributed by atoms with Crippen LogP contribution in [0.2, 0.25) is 0 Å². The normalized spacial score (nSPS) is 11.2. The highest BCUT2D eigenvalue weighted by Gasteiger charge is 2.21. The highest BCUT2D eigenvalue weighted by Crippen LogP contribution is 2.44. The molecule has 68 heavy (non-hydrogen) atoms. The standard InChI is InChI=1S/C66H46N2/c1-6-18-47(19-7-1)49-30-32-50(33-31-49)51-34-37-56(38-35-51)67(57-39-42-59(52-22-10-3-11-23-52)63(45-57)54-26-14-5-15-27-54)58-40-43-62-61-28-16-17-29-64(61)68(66(62)46-58)65-44-55(48-20-8-2-9-21-48)36-41-60(65)53-24-12-4-13-25-53/h1-46H. The van der Waals surface area contributed by atoms with Crippen LogP contribution in [0.5, 0.6) is 0 Å². The van der Waals surface area contributed by atoms with Crippen LogP contribution in [0.3, 0.4) is 0 Å². The predicted molar refractivity (Wildman–Crippen MR) is 288 cm³/mol. The number of hydrogen-bond donors (Lipinski definition) is 0. The molecule has 0 amide bonds. The summed E-state index contributed by atoms with van der Waals surface area (Å²) in [5.74, 6) is 0. The predicted octanol–water partition coefficient (Wildman–Crippen LogP) is 18.3. The Balaban J connectivity index is 1.06. The van der Waals surface area contributed by atoms with Crippen LogP contribution in [0, 0.1) is 0 Å². The van der Waals surface area contributed by atoms with Crippen LogP contribution in [-0.4, -0.2) is 4.57 Å². The number of para-hydroxylation sites is 1. The second kappa shape index (κ2) is 17.8. The molecule has 0 atom stereocenters. The first-order valence-corrected chi connectivity index (χ1v) is 23.3. The van der Waals surface area contributed by atoms with Crippen LogP contribution in [0.15, 0.2) is 279 Å². The molecule has 12 aromatic rings. The Morgan fingerprint density at radius 2 is 0.603 bits per heavy atom. The lowest BCUT2D eigenvalue weighted by atomic mass is 9.93. The van der Waals surface area contributed by atoms with Crippen LogP contribution >= 0.6 is 0 Å². The molecule has 1 aromatic heterocycles. The van der Waals surface area contributed by atoms with Gasteiger partial charge in [0.05, 0.1) is 16.7 Å². The monoisotopic (exact) mass is 866 g/mol. The summed E-state index contributed by atoms with van der Waals surface area (Å²) in [4.78, 5) is 2.42. The van der Waals surface area contributed by atoms with Crippen LogP contribution in [0.4, 0.5) is 17.1 Å². The lowest BCUT2D eigenvalue weighted by molar-refractivity contribution is 1.18. The van der Waals surface area contributed by atoms with E-state index in [4.69, 9.17) is 0 Å². The van der Waals surface area contributed by atoms with E-state index in [1.54, 1.807) is 0 Å². The number of fused-ring (bicyclic) bond motifs is 3. The zero-order valence-electron chi connectivity index (χ0n) is 37.5. The summed E-state index contributed by atoms with van der Waals surface area (Å²) in [5.41, 5.74) is 20.8. The second-order valence-electron chi connectivity index (χ2n) is 17.3. The molecule has 0 saturated heterocycles. The molecular weight excluding hydrogens is 821 g/mol. The number of hydrogen-bond acceptors (Lipinski definition) is 1. The van der Waals surface area contributed by atoms with Crippen molar-refractivity contribution < 1.29 is 0 Å².